The summed E-state index contributed by atoms with van der Waals surface area (Å²) in [5, 5.41) is 10.7. The molecule has 1 aromatic carbocycles. The average Bonchev–Trinajstić information content (AvgIpc) is 2.35. The van der Waals surface area contributed by atoms with Crippen molar-refractivity contribution in [2.75, 3.05) is 13.7 Å². The van der Waals surface area contributed by atoms with Crippen molar-refractivity contribution in [1.29, 1.82) is 0 Å². The smallest absolute Gasteiger partial charge is 0.311 e. The molecule has 0 aliphatic rings. The van der Waals surface area contributed by atoms with E-state index in [0.29, 0.717) is 0 Å². The normalized spacial score (nSPS) is 11.6. The number of nitrogens with zero attached hydrogens (tertiary/aromatic N) is 1. The van der Waals surface area contributed by atoms with Crippen molar-refractivity contribution in [3.05, 3.63) is 34.4 Å². The molecule has 1 atom stereocenters. The van der Waals surface area contributed by atoms with E-state index in [2.05, 4.69) is 4.74 Å². The number of benzene rings is 1. The molecule has 0 saturated heterocycles. The Bertz CT molecular complexity index is 418. The van der Waals surface area contributed by atoms with Crippen LogP contribution < -0.4 is 4.74 Å². The number of esters is 1. The molecular weight excluding hydrogens is 226 g/mol. The maximum atomic E-state index is 11.1. The van der Waals surface area contributed by atoms with Crippen molar-refractivity contribution >= 4 is 11.7 Å². The number of para-hydroxylation sites is 2. The van der Waals surface area contributed by atoms with Crippen LogP contribution in [0.1, 0.15) is 6.92 Å². The van der Waals surface area contributed by atoms with Crippen molar-refractivity contribution in [2.45, 2.75) is 6.92 Å². The van der Waals surface area contributed by atoms with Crippen molar-refractivity contribution < 1.29 is 19.2 Å². The van der Waals surface area contributed by atoms with Gasteiger partial charge in [0.2, 0.25) is 0 Å². The first-order chi connectivity index (χ1) is 8.06. The van der Waals surface area contributed by atoms with Gasteiger partial charge in [0.15, 0.2) is 5.75 Å². The lowest BCUT2D eigenvalue weighted by molar-refractivity contribution is -0.385. The van der Waals surface area contributed by atoms with Gasteiger partial charge in [-0.25, -0.2) is 0 Å². The highest BCUT2D eigenvalue weighted by molar-refractivity contribution is 5.71. The highest BCUT2D eigenvalue weighted by atomic mass is 16.6. The van der Waals surface area contributed by atoms with Gasteiger partial charge in [-0.15, -0.1) is 0 Å². The third-order valence-electron chi connectivity index (χ3n) is 2.15. The monoisotopic (exact) mass is 239 g/mol. The molecule has 0 bridgehead atoms. The van der Waals surface area contributed by atoms with Gasteiger partial charge < -0.3 is 9.47 Å². The summed E-state index contributed by atoms with van der Waals surface area (Å²) in [5.74, 6) is -0.739. The first-order valence-electron chi connectivity index (χ1n) is 5.00. The molecule has 0 spiro atoms. The van der Waals surface area contributed by atoms with Crippen LogP contribution >= 0.6 is 0 Å². The highest BCUT2D eigenvalue weighted by Crippen LogP contribution is 2.26. The van der Waals surface area contributed by atoms with Crippen LogP contribution in [0.15, 0.2) is 24.3 Å². The first-order valence-corrected chi connectivity index (χ1v) is 5.00. The molecule has 1 rings (SSSR count). The predicted molar refractivity (Wildman–Crippen MR) is 59.8 cm³/mol. The molecule has 17 heavy (non-hydrogen) atoms. The minimum Gasteiger partial charge on any atom is -0.486 e. The van der Waals surface area contributed by atoms with E-state index < -0.39 is 16.8 Å². The Morgan fingerprint density at radius 3 is 2.71 bits per heavy atom. The van der Waals surface area contributed by atoms with E-state index >= 15 is 0 Å². The fourth-order valence-corrected chi connectivity index (χ4v) is 1.21. The summed E-state index contributed by atoms with van der Waals surface area (Å²) in [7, 11) is 1.28. The van der Waals surface area contributed by atoms with E-state index in [1.54, 1.807) is 19.1 Å². The first kappa shape index (κ1) is 13.0. The second-order valence-corrected chi connectivity index (χ2v) is 3.46. The molecule has 0 amide bonds. The van der Waals surface area contributed by atoms with Gasteiger partial charge in [-0.05, 0) is 13.0 Å². The fraction of sp³-hybridized carbons (Fsp3) is 0.364. The van der Waals surface area contributed by atoms with Gasteiger partial charge in [-0.1, -0.05) is 12.1 Å². The van der Waals surface area contributed by atoms with E-state index in [0.717, 1.165) is 0 Å². The molecule has 1 aromatic rings. The fourth-order valence-electron chi connectivity index (χ4n) is 1.21. The number of ether oxygens (including phenoxy) is 2. The number of hydrogen-bond donors (Lipinski definition) is 0. The van der Waals surface area contributed by atoms with Gasteiger partial charge in [-0.2, -0.15) is 0 Å². The summed E-state index contributed by atoms with van der Waals surface area (Å²) in [6.07, 6.45) is 0. The number of carbonyl (C=O) groups excluding carboxylic acids is 1. The molecule has 0 aliphatic carbocycles. The van der Waals surface area contributed by atoms with Gasteiger partial charge in [0.05, 0.1) is 18.0 Å². The van der Waals surface area contributed by atoms with Crippen molar-refractivity contribution in [2.24, 2.45) is 5.92 Å². The zero-order chi connectivity index (χ0) is 12.8. The Labute approximate surface area is 98.3 Å². The third-order valence-corrected chi connectivity index (χ3v) is 2.15. The zero-order valence-electron chi connectivity index (χ0n) is 9.58. The molecule has 0 radical (unpaired) electrons. The van der Waals surface area contributed by atoms with Crippen molar-refractivity contribution in [3.8, 4) is 5.75 Å². The Balaban J connectivity index is 2.69. The summed E-state index contributed by atoms with van der Waals surface area (Å²) < 4.78 is 9.77. The largest absolute Gasteiger partial charge is 0.486 e. The molecule has 0 heterocycles. The summed E-state index contributed by atoms with van der Waals surface area (Å²) >= 11 is 0. The van der Waals surface area contributed by atoms with E-state index in [1.165, 1.54) is 19.2 Å². The summed E-state index contributed by atoms with van der Waals surface area (Å²) in [6, 6.07) is 6.01. The van der Waals surface area contributed by atoms with Crippen LogP contribution in [-0.4, -0.2) is 24.6 Å². The van der Waals surface area contributed by atoms with Gasteiger partial charge in [0, 0.05) is 6.07 Å². The molecule has 1 unspecified atom stereocenters. The van der Waals surface area contributed by atoms with Gasteiger partial charge in [0.1, 0.15) is 6.61 Å². The molecule has 0 fully saturated rings. The predicted octanol–water partition coefficient (Wildman–Crippen LogP) is 1.78. The summed E-state index contributed by atoms with van der Waals surface area (Å²) in [5.41, 5.74) is -0.121. The lowest BCUT2D eigenvalue weighted by Crippen LogP contribution is -2.20. The maximum Gasteiger partial charge on any atom is 0.311 e. The Morgan fingerprint density at radius 2 is 2.12 bits per heavy atom. The molecule has 92 valence electrons. The van der Waals surface area contributed by atoms with Crippen LogP contribution in [0.25, 0.3) is 0 Å². The summed E-state index contributed by atoms with van der Waals surface area (Å²) in [6.45, 7) is 1.66. The second kappa shape index (κ2) is 5.83. The van der Waals surface area contributed by atoms with Crippen LogP contribution in [0.3, 0.4) is 0 Å². The molecule has 6 nitrogen and oxygen atoms in total. The molecule has 0 aromatic heterocycles. The Kier molecular flexibility index (Phi) is 4.45. The lowest BCUT2D eigenvalue weighted by Gasteiger charge is -2.10. The Morgan fingerprint density at radius 1 is 1.47 bits per heavy atom. The molecule has 6 heteroatoms. The molecule has 0 saturated carbocycles. The van der Waals surface area contributed by atoms with Crippen molar-refractivity contribution in [1.82, 2.24) is 0 Å². The van der Waals surface area contributed by atoms with Crippen LogP contribution in [0.2, 0.25) is 0 Å². The van der Waals surface area contributed by atoms with E-state index in [-0.39, 0.29) is 18.0 Å². The lowest BCUT2D eigenvalue weighted by atomic mass is 10.2. The Hall–Kier alpha value is -2.11. The minimum absolute atomic E-state index is 0.0392. The summed E-state index contributed by atoms with van der Waals surface area (Å²) in [4.78, 5) is 21.3. The SMILES string of the molecule is COC(=O)C(C)COc1ccccc1[N+](=O)[O-]. The third kappa shape index (κ3) is 3.44. The second-order valence-electron chi connectivity index (χ2n) is 3.46. The van der Waals surface area contributed by atoms with Gasteiger partial charge >= 0.3 is 11.7 Å². The average molecular weight is 239 g/mol. The standard InChI is InChI=1S/C11H13NO5/c1-8(11(13)16-2)7-17-10-6-4-3-5-9(10)12(14)15/h3-6,8H,7H2,1-2H3. The number of carbonyl (C=O) groups is 1. The van der Waals surface area contributed by atoms with Gasteiger partial charge in [0.25, 0.3) is 0 Å². The molecule has 0 aliphatic heterocycles. The number of rotatable bonds is 5. The van der Waals surface area contributed by atoms with Crippen LogP contribution in [0.5, 0.6) is 5.75 Å². The van der Waals surface area contributed by atoms with Crippen molar-refractivity contribution in [3.63, 3.8) is 0 Å². The van der Waals surface area contributed by atoms with E-state index in [9.17, 15) is 14.9 Å². The van der Waals surface area contributed by atoms with E-state index in [1.807, 2.05) is 0 Å². The van der Waals surface area contributed by atoms with Crippen LogP contribution in [-0.2, 0) is 9.53 Å². The quantitative estimate of drug-likeness (QED) is 0.444. The van der Waals surface area contributed by atoms with E-state index in [4.69, 9.17) is 4.74 Å². The maximum absolute atomic E-state index is 11.1. The zero-order valence-corrected chi connectivity index (χ0v) is 9.58. The number of hydrogen-bond acceptors (Lipinski definition) is 5. The number of nitro benzene ring substituents is 1. The van der Waals surface area contributed by atoms with Crippen LogP contribution in [0.4, 0.5) is 5.69 Å². The number of nitro groups is 1. The molecular formula is C11H13NO5. The molecule has 0 N–H and O–H groups in total. The number of methoxy groups -OCH3 is 1. The van der Waals surface area contributed by atoms with Gasteiger partial charge in [-0.3, -0.25) is 14.9 Å². The highest BCUT2D eigenvalue weighted by Gasteiger charge is 2.18. The van der Waals surface area contributed by atoms with Crippen LogP contribution in [0, 0.1) is 16.0 Å². The topological polar surface area (TPSA) is 78.7 Å². The minimum atomic E-state index is -0.530.